The molecule has 3 aromatic rings. The largest absolute Gasteiger partial charge is 0.573 e. The number of alkyl halides is 3. The number of halogens is 3. The molecule has 0 bridgehead atoms. The molecule has 1 amide bonds. The first-order valence-corrected chi connectivity index (χ1v) is 9.08. The molecule has 30 heavy (non-hydrogen) atoms. The van der Waals surface area contributed by atoms with Crippen LogP contribution < -0.4 is 15.6 Å². The summed E-state index contributed by atoms with van der Waals surface area (Å²) in [6.07, 6.45) is 0.651. The van der Waals surface area contributed by atoms with E-state index < -0.39 is 23.6 Å². The second kappa shape index (κ2) is 8.44. The Kier molecular flexibility index (Phi) is 5.95. The van der Waals surface area contributed by atoms with Crippen LogP contribution in [0.25, 0.3) is 16.8 Å². The smallest absolute Gasteiger partial charge is 0.406 e. The molecule has 0 aliphatic rings. The average molecular weight is 420 g/mol. The SMILES string of the molecule is CCCNC(=O)c1cc(=O)n(-c2ccc(OC(F)(F)F)cc2)cc1-c1cnn(C)c1. The van der Waals surface area contributed by atoms with Crippen molar-refractivity contribution in [2.24, 2.45) is 7.05 Å². The number of rotatable bonds is 6. The van der Waals surface area contributed by atoms with Crippen molar-refractivity contribution >= 4 is 5.91 Å². The maximum atomic E-state index is 12.7. The molecule has 0 atom stereocenters. The number of amides is 1. The molecule has 2 heterocycles. The van der Waals surface area contributed by atoms with E-state index in [-0.39, 0.29) is 5.56 Å². The molecule has 158 valence electrons. The van der Waals surface area contributed by atoms with Crippen molar-refractivity contribution in [2.75, 3.05) is 6.54 Å². The summed E-state index contributed by atoms with van der Waals surface area (Å²) >= 11 is 0. The van der Waals surface area contributed by atoms with Gasteiger partial charge >= 0.3 is 6.36 Å². The summed E-state index contributed by atoms with van der Waals surface area (Å²) in [5.74, 6) is -0.795. The summed E-state index contributed by atoms with van der Waals surface area (Å²) in [6, 6.07) is 6.08. The summed E-state index contributed by atoms with van der Waals surface area (Å²) in [4.78, 5) is 25.2. The van der Waals surface area contributed by atoms with Crippen molar-refractivity contribution in [3.05, 3.63) is 64.8 Å². The lowest BCUT2D eigenvalue weighted by atomic mass is 10.0. The van der Waals surface area contributed by atoms with Gasteiger partial charge in [-0.2, -0.15) is 5.10 Å². The number of carbonyl (C=O) groups excluding carboxylic acids is 1. The highest BCUT2D eigenvalue weighted by Gasteiger charge is 2.31. The van der Waals surface area contributed by atoms with Crippen LogP contribution in [-0.2, 0) is 7.05 Å². The van der Waals surface area contributed by atoms with E-state index in [2.05, 4.69) is 15.2 Å². The second-order valence-corrected chi connectivity index (χ2v) is 6.51. The van der Waals surface area contributed by atoms with Crippen molar-refractivity contribution in [1.82, 2.24) is 19.7 Å². The molecule has 1 N–H and O–H groups in total. The first kappa shape index (κ1) is 21.2. The number of nitrogens with one attached hydrogen (secondary N) is 1. The van der Waals surface area contributed by atoms with E-state index in [1.807, 2.05) is 6.92 Å². The van der Waals surface area contributed by atoms with Crippen molar-refractivity contribution < 1.29 is 22.7 Å². The van der Waals surface area contributed by atoms with Crippen LogP contribution in [0.5, 0.6) is 5.75 Å². The number of nitrogens with zero attached hydrogens (tertiary/aromatic N) is 3. The highest BCUT2D eigenvalue weighted by Crippen LogP contribution is 2.26. The highest BCUT2D eigenvalue weighted by atomic mass is 19.4. The van der Waals surface area contributed by atoms with E-state index in [9.17, 15) is 22.8 Å². The Morgan fingerprint density at radius 1 is 1.20 bits per heavy atom. The Labute approximate surface area is 169 Å². The number of aromatic nitrogens is 3. The maximum absolute atomic E-state index is 12.7. The van der Waals surface area contributed by atoms with Crippen LogP contribution in [0.3, 0.4) is 0 Å². The van der Waals surface area contributed by atoms with Gasteiger partial charge in [0.15, 0.2) is 0 Å². The molecule has 0 spiro atoms. The minimum absolute atomic E-state index is 0.190. The molecule has 2 aromatic heterocycles. The third-order valence-corrected chi connectivity index (χ3v) is 4.20. The van der Waals surface area contributed by atoms with E-state index in [1.165, 1.54) is 29.0 Å². The van der Waals surface area contributed by atoms with Crippen LogP contribution in [0.4, 0.5) is 13.2 Å². The van der Waals surface area contributed by atoms with Crippen molar-refractivity contribution in [1.29, 1.82) is 0 Å². The molecule has 0 radical (unpaired) electrons. The lowest BCUT2D eigenvalue weighted by Gasteiger charge is -2.13. The zero-order chi connectivity index (χ0) is 21.9. The van der Waals surface area contributed by atoms with Gasteiger partial charge in [-0.1, -0.05) is 6.92 Å². The quantitative estimate of drug-likeness (QED) is 0.664. The van der Waals surface area contributed by atoms with Gasteiger partial charge in [0.2, 0.25) is 0 Å². The summed E-state index contributed by atoms with van der Waals surface area (Å²) in [5.41, 5.74) is 1.08. The fraction of sp³-hybridized carbons (Fsp3) is 0.250. The third kappa shape index (κ3) is 4.88. The fourth-order valence-electron chi connectivity index (χ4n) is 2.86. The lowest BCUT2D eigenvalue weighted by Crippen LogP contribution is -2.28. The van der Waals surface area contributed by atoms with Crippen LogP contribution in [0.15, 0.2) is 53.7 Å². The van der Waals surface area contributed by atoms with Gasteiger partial charge in [-0.15, -0.1) is 13.2 Å². The predicted octanol–water partition coefficient (Wildman–Crippen LogP) is 3.28. The maximum Gasteiger partial charge on any atom is 0.573 e. The van der Waals surface area contributed by atoms with Crippen LogP contribution in [0.1, 0.15) is 23.7 Å². The standard InChI is InChI=1S/C20H19F3N4O3/c1-3-8-24-19(29)16-9-18(28)27(12-17(16)13-10-25-26(2)11-13)14-4-6-15(7-5-14)30-20(21,22)23/h4-7,9-12H,3,8H2,1-2H3,(H,24,29). The van der Waals surface area contributed by atoms with E-state index in [1.54, 1.807) is 24.1 Å². The van der Waals surface area contributed by atoms with Crippen LogP contribution in [0, 0.1) is 0 Å². The van der Waals surface area contributed by atoms with Crippen LogP contribution >= 0.6 is 0 Å². The van der Waals surface area contributed by atoms with Gasteiger partial charge in [0.05, 0.1) is 11.8 Å². The van der Waals surface area contributed by atoms with Gasteiger partial charge in [-0.25, -0.2) is 0 Å². The number of carbonyl (C=O) groups is 1. The third-order valence-electron chi connectivity index (χ3n) is 4.20. The van der Waals surface area contributed by atoms with Gasteiger partial charge in [0.25, 0.3) is 11.5 Å². The van der Waals surface area contributed by atoms with Crippen molar-refractivity contribution in [2.45, 2.75) is 19.7 Å². The molecule has 3 rings (SSSR count). The highest BCUT2D eigenvalue weighted by molar-refractivity contribution is 6.00. The van der Waals surface area contributed by atoms with Crippen LogP contribution in [-0.4, -0.2) is 33.2 Å². The molecule has 0 aliphatic heterocycles. The number of hydrogen-bond acceptors (Lipinski definition) is 4. The van der Waals surface area contributed by atoms with Gasteiger partial charge in [0.1, 0.15) is 5.75 Å². The molecule has 0 saturated carbocycles. The topological polar surface area (TPSA) is 78.2 Å². The van der Waals surface area contributed by atoms with Gasteiger partial charge < -0.3 is 10.1 Å². The average Bonchev–Trinajstić information content (AvgIpc) is 3.11. The van der Waals surface area contributed by atoms with E-state index in [4.69, 9.17) is 0 Å². The molecular weight excluding hydrogens is 401 g/mol. The first-order valence-electron chi connectivity index (χ1n) is 9.08. The summed E-state index contributed by atoms with van der Waals surface area (Å²) < 4.78 is 43.7. The zero-order valence-electron chi connectivity index (χ0n) is 16.2. The monoisotopic (exact) mass is 420 g/mol. The number of pyridine rings is 1. The van der Waals surface area contributed by atoms with E-state index >= 15 is 0 Å². The second-order valence-electron chi connectivity index (χ2n) is 6.51. The number of benzene rings is 1. The number of aryl methyl sites for hydroxylation is 1. The minimum atomic E-state index is -4.81. The molecule has 10 heteroatoms. The summed E-state index contributed by atoms with van der Waals surface area (Å²) in [6.45, 7) is 2.36. The molecule has 1 aromatic carbocycles. The Morgan fingerprint density at radius 2 is 1.90 bits per heavy atom. The molecule has 0 unspecified atom stereocenters. The Hall–Kier alpha value is -3.56. The van der Waals surface area contributed by atoms with Gasteiger partial charge in [0, 0.05) is 48.9 Å². The van der Waals surface area contributed by atoms with Gasteiger partial charge in [-0.3, -0.25) is 18.8 Å². The predicted molar refractivity (Wildman–Crippen MR) is 104 cm³/mol. The molecule has 0 aliphatic carbocycles. The molecule has 0 fully saturated rings. The van der Waals surface area contributed by atoms with E-state index in [0.29, 0.717) is 23.4 Å². The first-order chi connectivity index (χ1) is 14.2. The number of ether oxygens (including phenoxy) is 1. The Bertz CT molecular complexity index is 1100. The minimum Gasteiger partial charge on any atom is -0.406 e. The zero-order valence-corrected chi connectivity index (χ0v) is 16.2. The van der Waals surface area contributed by atoms with Crippen molar-refractivity contribution in [3.8, 4) is 22.6 Å². The van der Waals surface area contributed by atoms with Crippen LogP contribution in [0.2, 0.25) is 0 Å². The van der Waals surface area contributed by atoms with E-state index in [0.717, 1.165) is 18.6 Å². The molecule has 7 nitrogen and oxygen atoms in total. The summed E-state index contributed by atoms with van der Waals surface area (Å²) in [7, 11) is 1.72. The summed E-state index contributed by atoms with van der Waals surface area (Å²) in [5, 5.41) is 6.84. The molecule has 0 saturated heterocycles. The fourth-order valence-corrected chi connectivity index (χ4v) is 2.86. The van der Waals surface area contributed by atoms with Gasteiger partial charge in [-0.05, 0) is 30.7 Å². The number of hydrogen-bond donors (Lipinski definition) is 1. The van der Waals surface area contributed by atoms with Crippen molar-refractivity contribution in [3.63, 3.8) is 0 Å². The normalized spacial score (nSPS) is 11.4. The lowest BCUT2D eigenvalue weighted by molar-refractivity contribution is -0.274. The Balaban J connectivity index is 2.06. The molecular formula is C20H19F3N4O3. The Morgan fingerprint density at radius 3 is 2.47 bits per heavy atom.